The maximum atomic E-state index is 12.9. The lowest BCUT2D eigenvalue weighted by molar-refractivity contribution is 0.0923. The summed E-state index contributed by atoms with van der Waals surface area (Å²) in [5.74, 6) is -0.446. The number of carbonyl (C=O) groups is 1. The average molecular weight is 327 g/mol. The molecule has 1 N–H and O–H groups in total. The van der Waals surface area contributed by atoms with Gasteiger partial charge in [-0.2, -0.15) is 0 Å². The van der Waals surface area contributed by atoms with Gasteiger partial charge in [-0.05, 0) is 29.8 Å². The Hall–Kier alpha value is -3.15. The molecule has 0 spiro atoms. The summed E-state index contributed by atoms with van der Waals surface area (Å²) in [4.78, 5) is 24.3. The van der Waals surface area contributed by atoms with Gasteiger partial charge in [0.2, 0.25) is 0 Å². The zero-order valence-corrected chi connectivity index (χ0v) is 12.8. The molecule has 24 heavy (non-hydrogen) atoms. The molecule has 6 heteroatoms. The first kappa shape index (κ1) is 15.7. The molecule has 1 amide bonds. The molecule has 1 aromatic heterocycles. The van der Waals surface area contributed by atoms with Gasteiger partial charge in [0.1, 0.15) is 17.1 Å². The summed E-state index contributed by atoms with van der Waals surface area (Å²) in [6, 6.07) is 11.7. The molecular weight excluding hydrogens is 313 g/mol. The third-order valence-corrected chi connectivity index (χ3v) is 3.53. The summed E-state index contributed by atoms with van der Waals surface area (Å²) >= 11 is 0. The van der Waals surface area contributed by atoms with Crippen LogP contribution >= 0.6 is 0 Å². The number of methoxy groups -OCH3 is 1. The maximum Gasteiger partial charge on any atom is 0.287 e. The number of rotatable bonds is 4. The second-order valence-corrected chi connectivity index (χ2v) is 5.15. The number of nitrogens with one attached hydrogen (secondary N) is 1. The molecule has 0 unspecified atom stereocenters. The summed E-state index contributed by atoms with van der Waals surface area (Å²) in [6.07, 6.45) is 0. The minimum atomic E-state index is -0.527. The van der Waals surface area contributed by atoms with E-state index in [2.05, 4.69) is 5.32 Å². The van der Waals surface area contributed by atoms with Crippen molar-refractivity contribution in [2.24, 2.45) is 0 Å². The Balaban J connectivity index is 1.83. The molecule has 122 valence electrons. The molecule has 0 saturated carbocycles. The third kappa shape index (κ3) is 3.27. The lowest BCUT2D eigenvalue weighted by atomic mass is 10.2. The van der Waals surface area contributed by atoms with Crippen LogP contribution in [0.3, 0.4) is 0 Å². The first-order chi connectivity index (χ1) is 11.6. The van der Waals surface area contributed by atoms with E-state index in [1.165, 1.54) is 19.2 Å². The van der Waals surface area contributed by atoms with E-state index in [-0.39, 0.29) is 29.1 Å². The van der Waals surface area contributed by atoms with Gasteiger partial charge in [0.25, 0.3) is 5.91 Å². The number of carbonyl (C=O) groups excluding carboxylic acids is 1. The van der Waals surface area contributed by atoms with E-state index in [1.807, 2.05) is 0 Å². The average Bonchev–Trinajstić information content (AvgIpc) is 2.60. The van der Waals surface area contributed by atoms with E-state index in [9.17, 15) is 14.0 Å². The molecule has 0 aliphatic heterocycles. The van der Waals surface area contributed by atoms with Crippen molar-refractivity contribution in [3.8, 4) is 5.75 Å². The van der Waals surface area contributed by atoms with Crippen molar-refractivity contribution in [1.82, 2.24) is 5.32 Å². The molecule has 0 radical (unpaired) electrons. The van der Waals surface area contributed by atoms with E-state index >= 15 is 0 Å². The van der Waals surface area contributed by atoms with Gasteiger partial charge in [0, 0.05) is 18.7 Å². The Kier molecular flexibility index (Phi) is 4.29. The summed E-state index contributed by atoms with van der Waals surface area (Å²) in [6.45, 7) is 0.193. The highest BCUT2D eigenvalue weighted by molar-refractivity contribution is 5.93. The van der Waals surface area contributed by atoms with Crippen LogP contribution in [-0.2, 0) is 6.54 Å². The van der Waals surface area contributed by atoms with Gasteiger partial charge >= 0.3 is 0 Å². The van der Waals surface area contributed by atoms with Crippen molar-refractivity contribution < 1.29 is 18.3 Å². The monoisotopic (exact) mass is 327 g/mol. The van der Waals surface area contributed by atoms with E-state index in [1.54, 1.807) is 30.3 Å². The number of amides is 1. The molecule has 0 aliphatic carbocycles. The van der Waals surface area contributed by atoms with Crippen molar-refractivity contribution in [3.63, 3.8) is 0 Å². The second-order valence-electron chi connectivity index (χ2n) is 5.15. The quantitative estimate of drug-likeness (QED) is 0.800. The Bertz CT molecular complexity index is 947. The highest BCUT2D eigenvalue weighted by atomic mass is 19.1. The van der Waals surface area contributed by atoms with E-state index in [0.717, 1.165) is 11.6 Å². The molecular formula is C18H14FNO4. The topological polar surface area (TPSA) is 68.5 Å². The summed E-state index contributed by atoms with van der Waals surface area (Å²) in [7, 11) is 1.50. The van der Waals surface area contributed by atoms with Crippen LogP contribution in [0.5, 0.6) is 5.75 Å². The van der Waals surface area contributed by atoms with Gasteiger partial charge in [-0.1, -0.05) is 12.1 Å². The second kappa shape index (κ2) is 6.54. The van der Waals surface area contributed by atoms with Gasteiger partial charge in [0.05, 0.1) is 12.5 Å². The van der Waals surface area contributed by atoms with E-state index in [4.69, 9.17) is 9.15 Å². The van der Waals surface area contributed by atoms with Gasteiger partial charge in [0.15, 0.2) is 11.2 Å². The highest BCUT2D eigenvalue weighted by Crippen LogP contribution is 2.19. The molecule has 0 atom stereocenters. The fourth-order valence-electron chi connectivity index (χ4n) is 2.25. The number of halogens is 1. The van der Waals surface area contributed by atoms with E-state index < -0.39 is 5.91 Å². The van der Waals surface area contributed by atoms with Crippen LogP contribution in [0.4, 0.5) is 4.39 Å². The number of fused-ring (bicyclic) bond motifs is 1. The van der Waals surface area contributed by atoms with Crippen LogP contribution in [-0.4, -0.2) is 13.0 Å². The van der Waals surface area contributed by atoms with Gasteiger partial charge in [-0.25, -0.2) is 4.39 Å². The standard InChI is InChI=1S/C18H14FNO4/c1-23-13-6-7-14-15(21)9-17(24-16(14)8-13)18(22)20-10-11-2-4-12(19)5-3-11/h2-9H,10H2,1H3,(H,20,22). The number of hydrogen-bond donors (Lipinski definition) is 1. The van der Waals surface area contributed by atoms with Crippen molar-refractivity contribution >= 4 is 16.9 Å². The number of benzene rings is 2. The molecule has 0 fully saturated rings. The lowest BCUT2D eigenvalue weighted by Crippen LogP contribution is -2.24. The van der Waals surface area contributed by atoms with Crippen LogP contribution in [0, 0.1) is 5.82 Å². The lowest BCUT2D eigenvalue weighted by Gasteiger charge is -2.06. The fourth-order valence-corrected chi connectivity index (χ4v) is 2.25. The maximum absolute atomic E-state index is 12.9. The fraction of sp³-hybridized carbons (Fsp3) is 0.111. The van der Waals surface area contributed by atoms with Gasteiger partial charge in [-0.15, -0.1) is 0 Å². The van der Waals surface area contributed by atoms with Crippen LogP contribution in [0.1, 0.15) is 16.1 Å². The zero-order chi connectivity index (χ0) is 17.1. The Morgan fingerprint density at radius 1 is 1.17 bits per heavy atom. The first-order valence-electron chi connectivity index (χ1n) is 7.21. The SMILES string of the molecule is COc1ccc2c(=O)cc(C(=O)NCc3ccc(F)cc3)oc2c1. The van der Waals surface area contributed by atoms with Crippen LogP contribution in [0.25, 0.3) is 11.0 Å². The van der Waals surface area contributed by atoms with Crippen LogP contribution in [0.15, 0.2) is 57.7 Å². The molecule has 0 aliphatic rings. The summed E-state index contributed by atoms with van der Waals surface area (Å²) in [5, 5.41) is 3.00. The van der Waals surface area contributed by atoms with Crippen molar-refractivity contribution in [2.75, 3.05) is 7.11 Å². The van der Waals surface area contributed by atoms with Gasteiger partial charge in [-0.3, -0.25) is 9.59 Å². The molecule has 0 bridgehead atoms. The van der Waals surface area contributed by atoms with E-state index in [0.29, 0.717) is 11.1 Å². The highest BCUT2D eigenvalue weighted by Gasteiger charge is 2.12. The summed E-state index contributed by atoms with van der Waals surface area (Å²) < 4.78 is 23.4. The normalized spacial score (nSPS) is 10.6. The van der Waals surface area contributed by atoms with Crippen LogP contribution < -0.4 is 15.5 Å². The predicted molar refractivity (Wildman–Crippen MR) is 86.6 cm³/mol. The molecule has 3 aromatic rings. The first-order valence-corrected chi connectivity index (χ1v) is 7.21. The predicted octanol–water partition coefficient (Wildman–Crippen LogP) is 2.87. The third-order valence-electron chi connectivity index (χ3n) is 3.53. The molecule has 2 aromatic carbocycles. The zero-order valence-electron chi connectivity index (χ0n) is 12.8. The van der Waals surface area contributed by atoms with Crippen molar-refractivity contribution in [1.29, 1.82) is 0 Å². The molecule has 3 rings (SSSR count). The molecule has 0 saturated heterocycles. The smallest absolute Gasteiger partial charge is 0.287 e. The van der Waals surface area contributed by atoms with Crippen molar-refractivity contribution in [3.05, 3.63) is 75.9 Å². The number of hydrogen-bond acceptors (Lipinski definition) is 4. The minimum absolute atomic E-state index is 0.0946. The Labute approximate surface area is 136 Å². The van der Waals surface area contributed by atoms with Crippen LogP contribution in [0.2, 0.25) is 0 Å². The van der Waals surface area contributed by atoms with Gasteiger partial charge < -0.3 is 14.5 Å². The Morgan fingerprint density at radius 2 is 1.92 bits per heavy atom. The van der Waals surface area contributed by atoms with Crippen molar-refractivity contribution in [2.45, 2.75) is 6.54 Å². The molecule has 1 heterocycles. The largest absolute Gasteiger partial charge is 0.497 e. The molecule has 5 nitrogen and oxygen atoms in total. The summed E-state index contributed by atoms with van der Waals surface area (Å²) in [5.41, 5.74) is 0.689. The minimum Gasteiger partial charge on any atom is -0.497 e. The number of ether oxygens (including phenoxy) is 1. The Morgan fingerprint density at radius 3 is 2.62 bits per heavy atom.